The number of benzene rings is 1. The van der Waals surface area contributed by atoms with Gasteiger partial charge in [0, 0.05) is 30.3 Å². The number of hydrogen-bond donors (Lipinski definition) is 1. The highest BCUT2D eigenvalue weighted by molar-refractivity contribution is 7.80. The van der Waals surface area contributed by atoms with E-state index in [0.717, 1.165) is 18.0 Å². The van der Waals surface area contributed by atoms with Gasteiger partial charge in [-0.05, 0) is 43.4 Å². The van der Waals surface area contributed by atoms with Crippen molar-refractivity contribution in [2.75, 3.05) is 6.54 Å². The molecule has 0 amide bonds. The van der Waals surface area contributed by atoms with Gasteiger partial charge in [0.1, 0.15) is 10.8 Å². The zero-order valence-corrected chi connectivity index (χ0v) is 11.0. The van der Waals surface area contributed by atoms with Gasteiger partial charge in [-0.25, -0.2) is 4.39 Å². The van der Waals surface area contributed by atoms with Gasteiger partial charge in [-0.15, -0.1) is 0 Å². The highest BCUT2D eigenvalue weighted by atomic mass is 32.1. The Balaban J connectivity index is 1.79. The van der Waals surface area contributed by atoms with Gasteiger partial charge in [0.05, 0.1) is 0 Å². The van der Waals surface area contributed by atoms with Crippen molar-refractivity contribution in [1.82, 2.24) is 4.90 Å². The normalized spacial score (nSPS) is 26.7. The lowest BCUT2D eigenvalue weighted by Crippen LogP contribution is -2.31. The highest BCUT2D eigenvalue weighted by Crippen LogP contribution is 2.38. The molecule has 0 radical (unpaired) electrons. The van der Waals surface area contributed by atoms with Crippen molar-refractivity contribution in [2.45, 2.75) is 31.8 Å². The smallest absolute Gasteiger partial charge is 0.127 e. The quantitative estimate of drug-likeness (QED) is 0.850. The summed E-state index contributed by atoms with van der Waals surface area (Å²) in [7, 11) is 0. The molecule has 1 aliphatic carbocycles. The van der Waals surface area contributed by atoms with E-state index in [1.807, 2.05) is 0 Å². The van der Waals surface area contributed by atoms with Crippen LogP contribution in [0.2, 0.25) is 0 Å². The predicted octanol–water partition coefficient (Wildman–Crippen LogP) is 2.44. The van der Waals surface area contributed by atoms with E-state index in [2.05, 4.69) is 4.90 Å². The van der Waals surface area contributed by atoms with Crippen LogP contribution in [0.4, 0.5) is 4.39 Å². The first kappa shape index (κ1) is 12.1. The lowest BCUT2D eigenvalue weighted by molar-refractivity contribution is 0.203. The van der Waals surface area contributed by atoms with Crippen molar-refractivity contribution in [2.24, 2.45) is 11.7 Å². The highest BCUT2D eigenvalue weighted by Gasteiger charge is 2.37. The van der Waals surface area contributed by atoms with Crippen LogP contribution in [-0.4, -0.2) is 22.5 Å². The van der Waals surface area contributed by atoms with E-state index in [4.69, 9.17) is 18.0 Å². The summed E-state index contributed by atoms with van der Waals surface area (Å²) in [4.78, 5) is 2.73. The Kier molecular flexibility index (Phi) is 3.08. The number of halogens is 1. The summed E-state index contributed by atoms with van der Waals surface area (Å²) in [6, 6.07) is 5.57. The summed E-state index contributed by atoms with van der Waals surface area (Å²) in [6.07, 6.45) is 3.90. The monoisotopic (exact) mass is 264 g/mol. The summed E-state index contributed by atoms with van der Waals surface area (Å²) >= 11 is 4.94. The lowest BCUT2D eigenvalue weighted by atomic mass is 10.1. The maximum Gasteiger partial charge on any atom is 0.127 e. The van der Waals surface area contributed by atoms with E-state index < -0.39 is 0 Å². The molecule has 2 aliphatic rings. The fourth-order valence-corrected chi connectivity index (χ4v) is 3.42. The van der Waals surface area contributed by atoms with Crippen LogP contribution in [0.3, 0.4) is 0 Å². The minimum Gasteiger partial charge on any atom is -0.389 e. The molecule has 2 bridgehead atoms. The van der Waals surface area contributed by atoms with E-state index in [-0.39, 0.29) is 5.82 Å². The second-order valence-corrected chi connectivity index (χ2v) is 5.87. The number of thiocarbonyl (C=S) groups is 1. The number of fused-ring (bicyclic) bond motifs is 2. The molecule has 96 valence electrons. The maximum absolute atomic E-state index is 13.8. The van der Waals surface area contributed by atoms with Crippen LogP contribution in [0.25, 0.3) is 0 Å². The molecule has 1 heterocycles. The van der Waals surface area contributed by atoms with Crippen molar-refractivity contribution < 1.29 is 4.39 Å². The van der Waals surface area contributed by atoms with Crippen molar-refractivity contribution in [1.29, 1.82) is 0 Å². The zero-order chi connectivity index (χ0) is 12.7. The molecule has 1 saturated heterocycles. The molecule has 1 saturated carbocycles. The average Bonchev–Trinajstić information content (AvgIpc) is 2.93. The molecule has 0 aromatic heterocycles. The van der Waals surface area contributed by atoms with Crippen LogP contribution in [0.5, 0.6) is 0 Å². The molecule has 3 rings (SSSR count). The summed E-state index contributed by atoms with van der Waals surface area (Å²) in [5.41, 5.74) is 7.07. The standard InChI is InChI=1S/C14H17FN2S/c15-13-4-2-10(14(16)18)6-11(13)8-17-7-9-1-3-12(17)5-9/h2,4,6,9,12H,1,3,5,7-8H2,(H2,16,18). The lowest BCUT2D eigenvalue weighted by Gasteiger charge is -2.27. The van der Waals surface area contributed by atoms with Gasteiger partial charge in [0.25, 0.3) is 0 Å². The fourth-order valence-electron chi connectivity index (χ4n) is 3.29. The predicted molar refractivity (Wildman–Crippen MR) is 73.8 cm³/mol. The fraction of sp³-hybridized carbons (Fsp3) is 0.500. The molecular formula is C14H17FN2S. The second kappa shape index (κ2) is 4.59. The minimum absolute atomic E-state index is 0.155. The van der Waals surface area contributed by atoms with Gasteiger partial charge >= 0.3 is 0 Å². The molecular weight excluding hydrogens is 247 g/mol. The van der Waals surface area contributed by atoms with E-state index in [1.165, 1.54) is 25.3 Å². The van der Waals surface area contributed by atoms with E-state index in [9.17, 15) is 4.39 Å². The second-order valence-electron chi connectivity index (χ2n) is 5.43. The third-order valence-corrected chi connectivity index (χ3v) is 4.46. The molecule has 4 heteroatoms. The Morgan fingerprint density at radius 1 is 1.44 bits per heavy atom. The van der Waals surface area contributed by atoms with Crippen molar-refractivity contribution in [3.8, 4) is 0 Å². The molecule has 2 fully saturated rings. The van der Waals surface area contributed by atoms with Gasteiger partial charge in [-0.1, -0.05) is 12.2 Å². The Bertz CT molecular complexity index is 489. The van der Waals surface area contributed by atoms with Gasteiger partial charge in [-0.2, -0.15) is 0 Å². The minimum atomic E-state index is -0.155. The molecule has 2 unspecified atom stereocenters. The molecule has 0 spiro atoms. The number of hydrogen-bond acceptors (Lipinski definition) is 2. The first-order valence-electron chi connectivity index (χ1n) is 6.46. The van der Waals surface area contributed by atoms with Crippen molar-refractivity contribution in [3.05, 3.63) is 35.1 Å². The largest absolute Gasteiger partial charge is 0.389 e. The Morgan fingerprint density at radius 3 is 2.89 bits per heavy atom. The van der Waals surface area contributed by atoms with E-state index >= 15 is 0 Å². The van der Waals surface area contributed by atoms with Gasteiger partial charge in [-0.3, -0.25) is 4.90 Å². The molecule has 2 atom stereocenters. The summed E-state index contributed by atoms with van der Waals surface area (Å²) in [5, 5.41) is 0. The SMILES string of the molecule is NC(=S)c1ccc(F)c(CN2CC3CCC2C3)c1. The first-order chi connectivity index (χ1) is 8.63. The Labute approximate surface area is 112 Å². The molecule has 2 N–H and O–H groups in total. The van der Waals surface area contributed by atoms with Crippen LogP contribution in [0.15, 0.2) is 18.2 Å². The molecule has 1 aliphatic heterocycles. The number of rotatable bonds is 3. The van der Waals surface area contributed by atoms with E-state index in [0.29, 0.717) is 23.1 Å². The van der Waals surface area contributed by atoms with Crippen LogP contribution >= 0.6 is 12.2 Å². The van der Waals surface area contributed by atoms with Crippen molar-refractivity contribution in [3.63, 3.8) is 0 Å². The Hall–Kier alpha value is -1.00. The number of nitrogens with zero attached hydrogens (tertiary/aromatic N) is 1. The van der Waals surface area contributed by atoms with Gasteiger partial charge in [0.2, 0.25) is 0 Å². The summed E-state index contributed by atoms with van der Waals surface area (Å²) < 4.78 is 13.8. The van der Waals surface area contributed by atoms with Gasteiger partial charge < -0.3 is 5.73 Å². The molecule has 18 heavy (non-hydrogen) atoms. The summed E-state index contributed by atoms with van der Waals surface area (Å²) in [6.45, 7) is 1.80. The van der Waals surface area contributed by atoms with Crippen LogP contribution in [0.1, 0.15) is 30.4 Å². The van der Waals surface area contributed by atoms with Crippen LogP contribution in [-0.2, 0) is 6.54 Å². The first-order valence-corrected chi connectivity index (χ1v) is 6.86. The number of nitrogens with two attached hydrogens (primary N) is 1. The third-order valence-electron chi connectivity index (χ3n) is 4.23. The maximum atomic E-state index is 13.8. The van der Waals surface area contributed by atoms with E-state index in [1.54, 1.807) is 12.1 Å². The topological polar surface area (TPSA) is 29.3 Å². The van der Waals surface area contributed by atoms with Crippen LogP contribution < -0.4 is 5.73 Å². The van der Waals surface area contributed by atoms with Crippen molar-refractivity contribution >= 4 is 17.2 Å². The zero-order valence-electron chi connectivity index (χ0n) is 10.2. The number of piperidine rings is 1. The average molecular weight is 264 g/mol. The third kappa shape index (κ3) is 2.15. The number of likely N-dealkylation sites (tertiary alicyclic amines) is 1. The molecule has 1 aromatic carbocycles. The molecule has 2 nitrogen and oxygen atoms in total. The molecule has 1 aromatic rings. The van der Waals surface area contributed by atoms with Gasteiger partial charge in [0.15, 0.2) is 0 Å². The van der Waals surface area contributed by atoms with Crippen LogP contribution in [0, 0.1) is 11.7 Å². The Morgan fingerprint density at radius 2 is 2.28 bits per heavy atom. The summed E-state index contributed by atoms with van der Waals surface area (Å²) in [5.74, 6) is 0.676.